The lowest BCUT2D eigenvalue weighted by atomic mass is 10.3. The molecule has 3 aromatic heterocycles. The number of fused-ring (bicyclic) bond motifs is 1. The molecule has 0 spiro atoms. The van der Waals surface area contributed by atoms with Crippen molar-refractivity contribution in [3.05, 3.63) is 42.0 Å². The monoisotopic (exact) mass is 228 g/mol. The zero-order chi connectivity index (χ0) is 11.8. The molecule has 86 valence electrons. The first-order valence-corrected chi connectivity index (χ1v) is 5.31. The van der Waals surface area contributed by atoms with Gasteiger partial charge in [0.1, 0.15) is 5.65 Å². The lowest BCUT2D eigenvalue weighted by Gasteiger charge is -1.94. The summed E-state index contributed by atoms with van der Waals surface area (Å²) in [4.78, 5) is 4.55. The summed E-state index contributed by atoms with van der Waals surface area (Å²) in [6.45, 7) is 2.62. The Morgan fingerprint density at radius 2 is 2.24 bits per heavy atom. The normalized spacial score (nSPS) is 11.1. The summed E-state index contributed by atoms with van der Waals surface area (Å²) in [6, 6.07) is 4.04. The van der Waals surface area contributed by atoms with E-state index in [0.29, 0.717) is 12.4 Å². The molecule has 0 aromatic carbocycles. The van der Waals surface area contributed by atoms with Gasteiger partial charge in [0.05, 0.1) is 18.4 Å². The highest BCUT2D eigenvalue weighted by Gasteiger charge is 2.05. The Bertz CT molecular complexity index is 665. The van der Waals surface area contributed by atoms with Crippen LogP contribution >= 0.6 is 0 Å². The fraction of sp³-hybridized carbons (Fsp3) is 0.182. The van der Waals surface area contributed by atoms with Crippen LogP contribution in [0.1, 0.15) is 11.3 Å². The van der Waals surface area contributed by atoms with Crippen LogP contribution in [0.25, 0.3) is 5.65 Å². The summed E-state index contributed by atoms with van der Waals surface area (Å²) in [6.07, 6.45) is 5.66. The molecular weight excluding hydrogens is 216 g/mol. The van der Waals surface area contributed by atoms with Crippen molar-refractivity contribution in [2.75, 3.05) is 5.73 Å². The zero-order valence-electron chi connectivity index (χ0n) is 9.41. The van der Waals surface area contributed by atoms with E-state index in [9.17, 15) is 0 Å². The molecule has 0 amide bonds. The number of nitrogens with zero attached hydrogens (tertiary/aromatic N) is 5. The zero-order valence-corrected chi connectivity index (χ0v) is 9.41. The molecule has 0 aliphatic carbocycles. The van der Waals surface area contributed by atoms with E-state index < -0.39 is 0 Å². The van der Waals surface area contributed by atoms with Gasteiger partial charge < -0.3 is 10.1 Å². The summed E-state index contributed by atoms with van der Waals surface area (Å²) >= 11 is 0. The number of hydrogen-bond donors (Lipinski definition) is 1. The molecule has 0 atom stereocenters. The van der Waals surface area contributed by atoms with Gasteiger partial charge >= 0.3 is 0 Å². The highest BCUT2D eigenvalue weighted by Crippen LogP contribution is 2.10. The molecule has 0 unspecified atom stereocenters. The first-order chi connectivity index (χ1) is 8.22. The van der Waals surface area contributed by atoms with Crippen molar-refractivity contribution in [3.63, 3.8) is 0 Å². The minimum Gasteiger partial charge on any atom is -0.381 e. The Morgan fingerprint density at radius 1 is 1.35 bits per heavy atom. The van der Waals surface area contributed by atoms with Gasteiger partial charge in [-0.3, -0.25) is 0 Å². The van der Waals surface area contributed by atoms with Crippen LogP contribution in [0, 0.1) is 6.92 Å². The molecule has 2 N–H and O–H groups in total. The predicted octanol–water partition coefficient (Wildman–Crippen LogP) is 0.865. The third-order valence-electron chi connectivity index (χ3n) is 2.61. The average molecular weight is 228 g/mol. The third kappa shape index (κ3) is 1.73. The molecular formula is C11H12N6. The number of nitrogens with two attached hydrogens (primary N) is 1. The van der Waals surface area contributed by atoms with Gasteiger partial charge in [-0.2, -0.15) is 0 Å². The Kier molecular flexibility index (Phi) is 2.07. The number of rotatable bonds is 2. The lowest BCUT2D eigenvalue weighted by Crippen LogP contribution is -2.00. The second-order valence-corrected chi connectivity index (χ2v) is 4.00. The second kappa shape index (κ2) is 3.58. The second-order valence-electron chi connectivity index (χ2n) is 4.00. The lowest BCUT2D eigenvalue weighted by molar-refractivity contribution is 0.641. The Balaban J connectivity index is 1.98. The maximum absolute atomic E-state index is 5.51. The Labute approximate surface area is 97.7 Å². The van der Waals surface area contributed by atoms with Gasteiger partial charge in [-0.25, -0.2) is 9.67 Å². The van der Waals surface area contributed by atoms with Crippen LogP contribution in [0.15, 0.2) is 30.7 Å². The van der Waals surface area contributed by atoms with Crippen LogP contribution in [0.4, 0.5) is 5.82 Å². The average Bonchev–Trinajstić information content (AvgIpc) is 2.86. The summed E-state index contributed by atoms with van der Waals surface area (Å²) in [7, 11) is 0. The molecule has 0 saturated carbocycles. The number of aryl methyl sites for hydroxylation is 1. The first kappa shape index (κ1) is 9.83. The van der Waals surface area contributed by atoms with Gasteiger partial charge in [0.2, 0.25) is 0 Å². The Hall–Kier alpha value is -2.37. The quantitative estimate of drug-likeness (QED) is 0.706. The number of anilines is 1. The molecule has 0 aliphatic rings. The van der Waals surface area contributed by atoms with Crippen molar-refractivity contribution in [1.82, 2.24) is 24.4 Å². The van der Waals surface area contributed by atoms with Crippen LogP contribution < -0.4 is 5.73 Å². The van der Waals surface area contributed by atoms with Crippen molar-refractivity contribution >= 4 is 11.5 Å². The molecule has 0 bridgehead atoms. The minimum absolute atomic E-state index is 0.421. The van der Waals surface area contributed by atoms with Crippen LogP contribution in [-0.4, -0.2) is 24.4 Å². The van der Waals surface area contributed by atoms with Crippen LogP contribution in [0.5, 0.6) is 0 Å². The molecule has 3 aromatic rings. The molecule has 0 saturated heterocycles. The first-order valence-electron chi connectivity index (χ1n) is 5.31. The van der Waals surface area contributed by atoms with Gasteiger partial charge in [0.15, 0.2) is 5.82 Å². The van der Waals surface area contributed by atoms with Crippen molar-refractivity contribution < 1.29 is 0 Å². The molecule has 0 aliphatic heterocycles. The van der Waals surface area contributed by atoms with Crippen molar-refractivity contribution in [2.24, 2.45) is 0 Å². The van der Waals surface area contributed by atoms with Crippen molar-refractivity contribution in [1.29, 1.82) is 0 Å². The van der Waals surface area contributed by atoms with Gasteiger partial charge in [0, 0.05) is 12.4 Å². The highest BCUT2D eigenvalue weighted by molar-refractivity contribution is 5.47. The third-order valence-corrected chi connectivity index (χ3v) is 2.61. The van der Waals surface area contributed by atoms with E-state index in [4.69, 9.17) is 5.73 Å². The van der Waals surface area contributed by atoms with Gasteiger partial charge in [-0.05, 0) is 18.6 Å². The summed E-state index contributed by atoms with van der Waals surface area (Å²) in [5, 5.41) is 7.64. The molecule has 0 radical (unpaired) electrons. The van der Waals surface area contributed by atoms with Crippen LogP contribution in [0.2, 0.25) is 0 Å². The number of imidazole rings is 1. The van der Waals surface area contributed by atoms with Crippen molar-refractivity contribution in [2.45, 2.75) is 13.5 Å². The molecule has 3 heterocycles. The van der Waals surface area contributed by atoms with E-state index in [0.717, 1.165) is 16.9 Å². The predicted molar refractivity (Wildman–Crippen MR) is 63.5 cm³/mol. The van der Waals surface area contributed by atoms with E-state index in [1.54, 1.807) is 10.9 Å². The summed E-state index contributed by atoms with van der Waals surface area (Å²) < 4.78 is 3.68. The number of aromatic nitrogens is 5. The van der Waals surface area contributed by atoms with Crippen LogP contribution in [0.3, 0.4) is 0 Å². The number of pyridine rings is 1. The molecule has 6 heteroatoms. The molecule has 0 fully saturated rings. The smallest absolute Gasteiger partial charge is 0.165 e. The SMILES string of the molecule is Cc1cccn2cc(Cn3cc(N)nn3)nc12. The summed E-state index contributed by atoms with van der Waals surface area (Å²) in [5.74, 6) is 0.421. The van der Waals surface area contributed by atoms with Gasteiger partial charge in [-0.1, -0.05) is 11.3 Å². The fourth-order valence-corrected chi connectivity index (χ4v) is 1.84. The van der Waals surface area contributed by atoms with Gasteiger partial charge in [-0.15, -0.1) is 5.10 Å². The van der Waals surface area contributed by atoms with Gasteiger partial charge in [0.25, 0.3) is 0 Å². The highest BCUT2D eigenvalue weighted by atomic mass is 15.4. The molecule has 17 heavy (non-hydrogen) atoms. The maximum Gasteiger partial charge on any atom is 0.165 e. The van der Waals surface area contributed by atoms with Crippen LogP contribution in [-0.2, 0) is 6.54 Å². The topological polar surface area (TPSA) is 74.0 Å². The number of hydrogen-bond acceptors (Lipinski definition) is 4. The minimum atomic E-state index is 0.421. The molecule has 6 nitrogen and oxygen atoms in total. The van der Waals surface area contributed by atoms with E-state index in [1.807, 2.05) is 35.9 Å². The molecule has 3 rings (SSSR count). The van der Waals surface area contributed by atoms with E-state index in [1.165, 1.54) is 0 Å². The van der Waals surface area contributed by atoms with E-state index in [2.05, 4.69) is 15.3 Å². The maximum atomic E-state index is 5.51. The fourth-order valence-electron chi connectivity index (χ4n) is 1.84. The van der Waals surface area contributed by atoms with Crippen molar-refractivity contribution in [3.8, 4) is 0 Å². The number of nitrogen functional groups attached to an aromatic ring is 1. The summed E-state index contributed by atoms with van der Waals surface area (Å²) in [5.41, 5.74) is 8.56. The Morgan fingerprint density at radius 3 is 2.94 bits per heavy atom. The standard InChI is InChI=1S/C11H12N6/c1-8-3-2-4-16-5-9(13-11(8)16)6-17-7-10(12)14-15-17/h2-5,7H,6,12H2,1H3. The van der Waals surface area contributed by atoms with E-state index in [-0.39, 0.29) is 0 Å². The largest absolute Gasteiger partial charge is 0.381 e. The van der Waals surface area contributed by atoms with E-state index >= 15 is 0 Å².